The van der Waals surface area contributed by atoms with Crippen LogP contribution in [0, 0.1) is 5.82 Å². The minimum atomic E-state index is -0.746. The predicted octanol–water partition coefficient (Wildman–Crippen LogP) is -0.0547. The maximum Gasteiger partial charge on any atom is 0.150 e. The fourth-order valence-corrected chi connectivity index (χ4v) is 1.94. The smallest absolute Gasteiger partial charge is 0.150 e. The fourth-order valence-electron chi connectivity index (χ4n) is 1.94. The molecule has 1 aliphatic heterocycles. The van der Waals surface area contributed by atoms with Crippen molar-refractivity contribution in [2.24, 2.45) is 0 Å². The number of β-amino-alcohol motifs (C(OH)–C–C–N with tert-alkyl or cyclic N) is 2. The Balaban J connectivity index is 2.08. The third-order valence-corrected chi connectivity index (χ3v) is 2.84. The number of likely N-dealkylation sites (tertiary alicyclic amines) is 1. The molecule has 4 nitrogen and oxygen atoms in total. The molecule has 1 aromatic rings. The summed E-state index contributed by atoms with van der Waals surface area (Å²) in [6.07, 6.45) is -1.49. The van der Waals surface area contributed by atoms with Gasteiger partial charge in [0.15, 0.2) is 5.82 Å². The number of hydrogen-bond donors (Lipinski definition) is 3. The number of benzene rings is 1. The molecule has 1 heterocycles. The number of rotatable bonds is 2. The van der Waals surface area contributed by atoms with E-state index in [0.717, 1.165) is 0 Å². The van der Waals surface area contributed by atoms with Crippen LogP contribution in [0.1, 0.15) is 5.56 Å². The van der Waals surface area contributed by atoms with Gasteiger partial charge in [0.2, 0.25) is 0 Å². The average Bonchev–Trinajstić information content (AvgIpc) is 2.54. The van der Waals surface area contributed by atoms with Gasteiger partial charge in [0.25, 0.3) is 0 Å². The van der Waals surface area contributed by atoms with Gasteiger partial charge in [0.05, 0.1) is 17.9 Å². The third-order valence-electron chi connectivity index (χ3n) is 2.84. The van der Waals surface area contributed by atoms with Crippen molar-refractivity contribution in [3.8, 4) is 0 Å². The van der Waals surface area contributed by atoms with Gasteiger partial charge in [-0.15, -0.1) is 0 Å². The van der Waals surface area contributed by atoms with E-state index in [1.54, 1.807) is 17.0 Å². The van der Waals surface area contributed by atoms with Gasteiger partial charge in [-0.05, 0) is 6.07 Å². The van der Waals surface area contributed by atoms with Crippen LogP contribution in [0.5, 0.6) is 0 Å². The first-order valence-corrected chi connectivity index (χ1v) is 5.19. The lowest BCUT2D eigenvalue weighted by Gasteiger charge is -2.15. The van der Waals surface area contributed by atoms with Crippen molar-refractivity contribution < 1.29 is 14.6 Å². The summed E-state index contributed by atoms with van der Waals surface area (Å²) >= 11 is 0. The zero-order chi connectivity index (χ0) is 11.7. The Bertz CT molecular complexity index is 376. The van der Waals surface area contributed by atoms with Gasteiger partial charge in [-0.25, -0.2) is 4.39 Å². The highest BCUT2D eigenvalue weighted by Crippen LogP contribution is 2.19. The normalized spacial score (nSPS) is 26.2. The molecule has 0 aliphatic carbocycles. The molecular weight excluding hydrogens is 211 g/mol. The molecule has 4 N–H and O–H groups in total. The van der Waals surface area contributed by atoms with Gasteiger partial charge in [0, 0.05) is 25.2 Å². The standard InChI is InChI=1S/C11H15FN2O2/c12-11-7(2-1-3-8(11)13)4-14-5-9(15)10(16)6-14/h1-3,9-10,15-16H,4-6,13H2. The van der Waals surface area contributed by atoms with E-state index in [2.05, 4.69) is 0 Å². The van der Waals surface area contributed by atoms with Crippen LogP contribution in [0.3, 0.4) is 0 Å². The summed E-state index contributed by atoms with van der Waals surface area (Å²) in [5.74, 6) is -0.418. The van der Waals surface area contributed by atoms with E-state index in [9.17, 15) is 14.6 Å². The molecule has 1 fully saturated rings. The summed E-state index contributed by atoms with van der Waals surface area (Å²) in [5, 5.41) is 18.7. The maximum atomic E-state index is 13.6. The molecule has 1 aliphatic rings. The third kappa shape index (κ3) is 2.16. The number of nitrogens with zero attached hydrogens (tertiary/aromatic N) is 1. The molecule has 2 unspecified atom stereocenters. The largest absolute Gasteiger partial charge is 0.396 e. The minimum absolute atomic E-state index is 0.123. The first kappa shape index (κ1) is 11.3. The van der Waals surface area contributed by atoms with Crippen molar-refractivity contribution >= 4 is 5.69 Å². The van der Waals surface area contributed by atoms with E-state index in [1.807, 2.05) is 0 Å². The second-order valence-electron chi connectivity index (χ2n) is 4.15. The fraction of sp³-hybridized carbons (Fsp3) is 0.455. The topological polar surface area (TPSA) is 69.7 Å². The molecule has 5 heteroatoms. The number of halogens is 1. The number of nitrogen functional groups attached to an aromatic ring is 1. The van der Waals surface area contributed by atoms with Crippen molar-refractivity contribution in [3.63, 3.8) is 0 Å². The number of hydrogen-bond acceptors (Lipinski definition) is 4. The van der Waals surface area contributed by atoms with Gasteiger partial charge in [-0.2, -0.15) is 0 Å². The lowest BCUT2D eigenvalue weighted by atomic mass is 10.2. The van der Waals surface area contributed by atoms with Crippen LogP contribution in [0.15, 0.2) is 18.2 Å². The predicted molar refractivity (Wildman–Crippen MR) is 58.1 cm³/mol. The Morgan fingerprint density at radius 1 is 1.31 bits per heavy atom. The Morgan fingerprint density at radius 3 is 2.56 bits per heavy atom. The van der Waals surface area contributed by atoms with Crippen LogP contribution in [0.4, 0.5) is 10.1 Å². The summed E-state index contributed by atoms with van der Waals surface area (Å²) in [6.45, 7) is 1.07. The molecule has 0 amide bonds. The lowest BCUT2D eigenvalue weighted by Crippen LogP contribution is -2.22. The van der Waals surface area contributed by atoms with Crippen LogP contribution in [-0.2, 0) is 6.54 Å². The van der Waals surface area contributed by atoms with E-state index in [4.69, 9.17) is 5.73 Å². The van der Waals surface area contributed by atoms with E-state index < -0.39 is 18.0 Å². The molecule has 0 saturated carbocycles. The van der Waals surface area contributed by atoms with Gasteiger partial charge < -0.3 is 15.9 Å². The number of nitrogens with two attached hydrogens (primary N) is 1. The highest BCUT2D eigenvalue weighted by molar-refractivity contribution is 5.42. The van der Waals surface area contributed by atoms with Crippen molar-refractivity contribution in [1.82, 2.24) is 4.90 Å². The molecule has 0 aromatic heterocycles. The molecule has 0 bridgehead atoms. The van der Waals surface area contributed by atoms with Gasteiger partial charge in [-0.3, -0.25) is 4.90 Å². The van der Waals surface area contributed by atoms with E-state index in [1.165, 1.54) is 6.07 Å². The molecule has 88 valence electrons. The molecule has 0 spiro atoms. The van der Waals surface area contributed by atoms with Crippen molar-refractivity contribution in [1.29, 1.82) is 0 Å². The molecule has 1 saturated heterocycles. The number of aliphatic hydroxyl groups is 2. The van der Waals surface area contributed by atoms with Gasteiger partial charge in [0.1, 0.15) is 0 Å². The van der Waals surface area contributed by atoms with Gasteiger partial charge >= 0.3 is 0 Å². The van der Waals surface area contributed by atoms with Gasteiger partial charge in [-0.1, -0.05) is 12.1 Å². The van der Waals surface area contributed by atoms with E-state index in [0.29, 0.717) is 25.2 Å². The van der Waals surface area contributed by atoms with Crippen LogP contribution in [0.25, 0.3) is 0 Å². The number of anilines is 1. The SMILES string of the molecule is Nc1cccc(CN2CC(O)C(O)C2)c1F. The highest BCUT2D eigenvalue weighted by Gasteiger charge is 2.29. The van der Waals surface area contributed by atoms with Crippen LogP contribution < -0.4 is 5.73 Å². The van der Waals surface area contributed by atoms with Crippen molar-refractivity contribution in [2.75, 3.05) is 18.8 Å². The van der Waals surface area contributed by atoms with Crippen molar-refractivity contribution in [2.45, 2.75) is 18.8 Å². The summed E-state index contributed by atoms with van der Waals surface area (Å²) in [6, 6.07) is 4.85. The summed E-state index contributed by atoms with van der Waals surface area (Å²) in [5.41, 5.74) is 6.07. The Hall–Kier alpha value is -1.17. The zero-order valence-corrected chi connectivity index (χ0v) is 8.81. The Labute approximate surface area is 93.1 Å². The van der Waals surface area contributed by atoms with E-state index in [-0.39, 0.29) is 5.69 Å². The van der Waals surface area contributed by atoms with Crippen LogP contribution in [-0.4, -0.2) is 40.4 Å². The first-order valence-electron chi connectivity index (χ1n) is 5.19. The highest BCUT2D eigenvalue weighted by atomic mass is 19.1. The van der Waals surface area contributed by atoms with Crippen LogP contribution >= 0.6 is 0 Å². The van der Waals surface area contributed by atoms with E-state index >= 15 is 0 Å². The Morgan fingerprint density at radius 2 is 1.94 bits per heavy atom. The summed E-state index contributed by atoms with van der Waals surface area (Å²) in [7, 11) is 0. The lowest BCUT2D eigenvalue weighted by molar-refractivity contribution is 0.0572. The second-order valence-corrected chi connectivity index (χ2v) is 4.15. The average molecular weight is 226 g/mol. The molecule has 16 heavy (non-hydrogen) atoms. The zero-order valence-electron chi connectivity index (χ0n) is 8.81. The first-order chi connectivity index (χ1) is 7.58. The number of aliphatic hydroxyl groups excluding tert-OH is 2. The quantitative estimate of drug-likeness (QED) is 0.618. The molecule has 1 aromatic carbocycles. The molecule has 2 rings (SSSR count). The molecule has 2 atom stereocenters. The molecular formula is C11H15FN2O2. The minimum Gasteiger partial charge on any atom is -0.396 e. The maximum absolute atomic E-state index is 13.6. The summed E-state index contributed by atoms with van der Waals surface area (Å²) in [4.78, 5) is 1.80. The van der Waals surface area contributed by atoms with Crippen LogP contribution in [0.2, 0.25) is 0 Å². The van der Waals surface area contributed by atoms with Crippen molar-refractivity contribution in [3.05, 3.63) is 29.6 Å². The molecule has 0 radical (unpaired) electrons. The summed E-state index contributed by atoms with van der Waals surface area (Å²) < 4.78 is 13.6. The monoisotopic (exact) mass is 226 g/mol. The second kappa shape index (κ2) is 4.37. The Kier molecular flexibility index (Phi) is 3.09.